The molecule has 33 heavy (non-hydrogen) atoms. The SMILES string of the molecule is CN=C(NCc1ccc(N2CCCC2=O)cc1)NC1CCN(Cc2ccccc2)C(C)C1.I. The number of benzene rings is 2. The van der Waals surface area contributed by atoms with E-state index in [1.807, 2.05) is 24.1 Å². The van der Waals surface area contributed by atoms with Gasteiger partial charge in [0.2, 0.25) is 5.91 Å². The zero-order valence-electron chi connectivity index (χ0n) is 19.7. The second-order valence-electron chi connectivity index (χ2n) is 8.91. The molecule has 2 aromatic rings. The average molecular weight is 562 g/mol. The summed E-state index contributed by atoms with van der Waals surface area (Å²) in [6.07, 6.45) is 3.82. The van der Waals surface area contributed by atoms with Gasteiger partial charge >= 0.3 is 0 Å². The Morgan fingerprint density at radius 1 is 1.06 bits per heavy atom. The van der Waals surface area contributed by atoms with E-state index in [1.165, 1.54) is 11.1 Å². The lowest BCUT2D eigenvalue weighted by Crippen LogP contribution is -2.51. The van der Waals surface area contributed by atoms with E-state index in [-0.39, 0.29) is 29.9 Å². The Bertz CT molecular complexity index is 918. The fourth-order valence-electron chi connectivity index (χ4n) is 4.69. The van der Waals surface area contributed by atoms with Gasteiger partial charge in [-0.05, 0) is 49.4 Å². The molecule has 7 heteroatoms. The maximum atomic E-state index is 11.9. The zero-order valence-corrected chi connectivity index (χ0v) is 22.0. The maximum Gasteiger partial charge on any atom is 0.227 e. The Kier molecular flexibility index (Phi) is 9.55. The quantitative estimate of drug-likeness (QED) is 0.316. The highest BCUT2D eigenvalue weighted by molar-refractivity contribution is 14.0. The molecule has 0 bridgehead atoms. The summed E-state index contributed by atoms with van der Waals surface area (Å²) in [5, 5.41) is 7.05. The smallest absolute Gasteiger partial charge is 0.227 e. The number of carbonyl (C=O) groups is 1. The molecule has 0 saturated carbocycles. The lowest BCUT2D eigenvalue weighted by Gasteiger charge is -2.38. The van der Waals surface area contributed by atoms with Gasteiger partial charge in [-0.2, -0.15) is 0 Å². The molecule has 2 fully saturated rings. The van der Waals surface area contributed by atoms with Crippen molar-refractivity contribution in [1.29, 1.82) is 0 Å². The van der Waals surface area contributed by atoms with E-state index >= 15 is 0 Å². The van der Waals surface area contributed by atoms with E-state index in [9.17, 15) is 4.79 Å². The first-order chi connectivity index (χ1) is 15.6. The molecule has 2 saturated heterocycles. The molecule has 2 aromatic carbocycles. The number of amides is 1. The van der Waals surface area contributed by atoms with Crippen molar-refractivity contribution >= 4 is 41.5 Å². The van der Waals surface area contributed by atoms with Crippen LogP contribution in [0.4, 0.5) is 5.69 Å². The van der Waals surface area contributed by atoms with Crippen molar-refractivity contribution in [3.05, 3.63) is 65.7 Å². The molecule has 2 aliphatic heterocycles. The standard InChI is InChI=1S/C26H35N5O.HI/c1-20-17-23(14-16-30(20)19-22-7-4-3-5-8-22)29-26(27-2)28-18-21-10-12-24(13-11-21)31-15-6-9-25(31)32;/h3-5,7-8,10-13,20,23H,6,9,14-19H2,1-2H3,(H2,27,28,29);1H. The van der Waals surface area contributed by atoms with Crippen molar-refractivity contribution in [2.24, 2.45) is 4.99 Å². The Balaban J connectivity index is 0.00000306. The molecular formula is C26H36IN5O. The van der Waals surface area contributed by atoms with Gasteiger partial charge < -0.3 is 15.5 Å². The predicted molar refractivity (Wildman–Crippen MR) is 146 cm³/mol. The van der Waals surface area contributed by atoms with Crippen molar-refractivity contribution in [2.45, 2.75) is 57.8 Å². The van der Waals surface area contributed by atoms with Gasteiger partial charge in [-0.25, -0.2) is 0 Å². The number of aliphatic imine (C=N–C) groups is 1. The van der Waals surface area contributed by atoms with Crippen LogP contribution in [-0.2, 0) is 17.9 Å². The lowest BCUT2D eigenvalue weighted by molar-refractivity contribution is -0.117. The van der Waals surface area contributed by atoms with Gasteiger partial charge in [-0.3, -0.25) is 14.7 Å². The van der Waals surface area contributed by atoms with Gasteiger partial charge in [0.1, 0.15) is 0 Å². The molecule has 2 aliphatic rings. The predicted octanol–water partition coefficient (Wildman–Crippen LogP) is 4.15. The van der Waals surface area contributed by atoms with Crippen molar-refractivity contribution in [1.82, 2.24) is 15.5 Å². The summed E-state index contributed by atoms with van der Waals surface area (Å²) in [5.41, 5.74) is 3.55. The number of rotatable bonds is 6. The molecule has 178 valence electrons. The Hall–Kier alpha value is -2.13. The van der Waals surface area contributed by atoms with Gasteiger partial charge in [0.05, 0.1) is 0 Å². The van der Waals surface area contributed by atoms with Crippen molar-refractivity contribution in [3.8, 4) is 0 Å². The first kappa shape index (κ1) is 25.5. The van der Waals surface area contributed by atoms with Crippen LogP contribution in [0, 0.1) is 0 Å². The summed E-state index contributed by atoms with van der Waals surface area (Å²) in [6.45, 7) is 5.95. The topological polar surface area (TPSA) is 60.0 Å². The van der Waals surface area contributed by atoms with Crippen LogP contribution in [-0.4, -0.2) is 49.0 Å². The molecule has 0 radical (unpaired) electrons. The molecule has 6 nitrogen and oxygen atoms in total. The molecule has 2 N–H and O–H groups in total. The summed E-state index contributed by atoms with van der Waals surface area (Å²) in [4.78, 5) is 20.8. The number of anilines is 1. The molecule has 0 aromatic heterocycles. The van der Waals surface area contributed by atoms with E-state index < -0.39 is 0 Å². The van der Waals surface area contributed by atoms with Crippen LogP contribution in [0.25, 0.3) is 0 Å². The van der Waals surface area contributed by atoms with Gasteiger partial charge in [0, 0.05) is 57.4 Å². The highest BCUT2D eigenvalue weighted by Crippen LogP contribution is 2.22. The first-order valence-electron chi connectivity index (χ1n) is 11.8. The minimum Gasteiger partial charge on any atom is -0.354 e. The number of nitrogens with one attached hydrogen (secondary N) is 2. The number of guanidine groups is 1. The number of likely N-dealkylation sites (tertiary alicyclic amines) is 1. The van der Waals surface area contributed by atoms with Crippen LogP contribution >= 0.6 is 24.0 Å². The summed E-state index contributed by atoms with van der Waals surface area (Å²) in [6, 6.07) is 19.9. The highest BCUT2D eigenvalue weighted by atomic mass is 127. The number of halogens is 1. The van der Waals surface area contributed by atoms with Crippen molar-refractivity contribution in [3.63, 3.8) is 0 Å². The number of hydrogen-bond acceptors (Lipinski definition) is 3. The lowest BCUT2D eigenvalue weighted by atomic mass is 9.97. The number of carbonyl (C=O) groups excluding carboxylic acids is 1. The second kappa shape index (κ2) is 12.4. The molecular weight excluding hydrogens is 525 g/mol. The fraction of sp³-hybridized carbons (Fsp3) is 0.462. The zero-order chi connectivity index (χ0) is 22.3. The van der Waals surface area contributed by atoms with E-state index in [1.54, 1.807) is 0 Å². The van der Waals surface area contributed by atoms with Gasteiger partial charge in [0.25, 0.3) is 0 Å². The van der Waals surface area contributed by atoms with Crippen LogP contribution in [0.5, 0.6) is 0 Å². The van der Waals surface area contributed by atoms with Crippen LogP contribution in [0.1, 0.15) is 43.7 Å². The first-order valence-corrected chi connectivity index (χ1v) is 11.8. The third-order valence-electron chi connectivity index (χ3n) is 6.59. The number of nitrogens with zero attached hydrogens (tertiary/aromatic N) is 3. The fourth-order valence-corrected chi connectivity index (χ4v) is 4.69. The summed E-state index contributed by atoms with van der Waals surface area (Å²) >= 11 is 0. The number of hydrogen-bond donors (Lipinski definition) is 2. The monoisotopic (exact) mass is 561 g/mol. The average Bonchev–Trinajstić information content (AvgIpc) is 3.25. The molecule has 0 spiro atoms. The van der Waals surface area contributed by atoms with E-state index in [0.717, 1.165) is 50.5 Å². The van der Waals surface area contributed by atoms with Crippen LogP contribution in [0.3, 0.4) is 0 Å². The van der Waals surface area contributed by atoms with Crippen LogP contribution < -0.4 is 15.5 Å². The Morgan fingerprint density at radius 3 is 2.45 bits per heavy atom. The van der Waals surface area contributed by atoms with Crippen molar-refractivity contribution in [2.75, 3.05) is 25.0 Å². The third-order valence-corrected chi connectivity index (χ3v) is 6.59. The maximum absolute atomic E-state index is 11.9. The van der Waals surface area contributed by atoms with E-state index in [2.05, 4.69) is 69.9 Å². The minimum atomic E-state index is 0. The summed E-state index contributed by atoms with van der Waals surface area (Å²) in [7, 11) is 1.82. The molecule has 2 unspecified atom stereocenters. The second-order valence-corrected chi connectivity index (χ2v) is 8.91. The molecule has 1 amide bonds. The third kappa shape index (κ3) is 6.93. The van der Waals surface area contributed by atoms with Gasteiger partial charge in [0.15, 0.2) is 5.96 Å². The summed E-state index contributed by atoms with van der Waals surface area (Å²) < 4.78 is 0. The minimum absolute atomic E-state index is 0. The van der Waals surface area contributed by atoms with Gasteiger partial charge in [-0.1, -0.05) is 42.5 Å². The van der Waals surface area contributed by atoms with Crippen LogP contribution in [0.15, 0.2) is 59.6 Å². The van der Waals surface area contributed by atoms with Crippen molar-refractivity contribution < 1.29 is 4.79 Å². The van der Waals surface area contributed by atoms with E-state index in [4.69, 9.17) is 0 Å². The van der Waals surface area contributed by atoms with E-state index in [0.29, 0.717) is 25.0 Å². The summed E-state index contributed by atoms with van der Waals surface area (Å²) in [5.74, 6) is 1.07. The molecule has 4 rings (SSSR count). The van der Waals surface area contributed by atoms with Crippen LogP contribution in [0.2, 0.25) is 0 Å². The van der Waals surface area contributed by atoms with Gasteiger partial charge in [-0.15, -0.1) is 24.0 Å². The molecule has 0 aliphatic carbocycles. The highest BCUT2D eigenvalue weighted by Gasteiger charge is 2.26. The Morgan fingerprint density at radius 2 is 1.82 bits per heavy atom. The number of piperidine rings is 1. The molecule has 2 heterocycles. The molecule has 2 atom stereocenters. The largest absolute Gasteiger partial charge is 0.354 e. The Labute approximate surface area is 214 Å². The normalized spacial score (nSPS) is 21.6.